The molecule has 23 heavy (non-hydrogen) atoms. The van der Waals surface area contributed by atoms with Gasteiger partial charge in [-0.25, -0.2) is 0 Å². The first-order chi connectivity index (χ1) is 11.0. The minimum atomic E-state index is -0.107. The fourth-order valence-electron chi connectivity index (χ4n) is 3.21. The van der Waals surface area contributed by atoms with Crippen LogP contribution in [0.25, 0.3) is 5.82 Å². The minimum Gasteiger partial charge on any atom is -0.375 e. The number of aromatic nitrogens is 3. The molecule has 0 aromatic carbocycles. The molecule has 1 amide bonds. The predicted molar refractivity (Wildman–Crippen MR) is 87.7 cm³/mol. The SMILES string of the molecule is CCOC1(C)CCN(C(=O)c2cnn(C)c2-n2cccc2)CC1. The van der Waals surface area contributed by atoms with Crippen LogP contribution in [0.5, 0.6) is 0 Å². The molecule has 6 nitrogen and oxygen atoms in total. The van der Waals surface area contributed by atoms with E-state index in [0.29, 0.717) is 12.2 Å². The minimum absolute atomic E-state index is 0.0420. The highest BCUT2D eigenvalue weighted by Gasteiger charge is 2.33. The first-order valence-corrected chi connectivity index (χ1v) is 8.12. The zero-order valence-electron chi connectivity index (χ0n) is 14.0. The molecule has 2 aromatic heterocycles. The highest BCUT2D eigenvalue weighted by molar-refractivity contribution is 5.97. The molecule has 3 heterocycles. The number of carbonyl (C=O) groups excluding carboxylic acids is 1. The average Bonchev–Trinajstić information content (AvgIpc) is 3.16. The van der Waals surface area contributed by atoms with Crippen LogP contribution < -0.4 is 0 Å². The standard InChI is InChI=1S/C17H24N4O2/c1-4-23-17(2)7-11-21(12-8-17)16(22)14-13-18-19(3)15(14)20-9-5-6-10-20/h5-6,9-10,13H,4,7-8,11-12H2,1-3H3. The van der Waals surface area contributed by atoms with Gasteiger partial charge in [-0.05, 0) is 38.8 Å². The van der Waals surface area contributed by atoms with Crippen molar-refractivity contribution in [3.05, 3.63) is 36.3 Å². The molecular formula is C17H24N4O2. The Labute approximate surface area is 136 Å². The summed E-state index contributed by atoms with van der Waals surface area (Å²) in [5.74, 6) is 0.846. The van der Waals surface area contributed by atoms with Crippen molar-refractivity contribution in [1.29, 1.82) is 0 Å². The van der Waals surface area contributed by atoms with Gasteiger partial charge in [-0.2, -0.15) is 5.10 Å². The van der Waals surface area contributed by atoms with Crippen molar-refractivity contribution in [3.8, 4) is 5.82 Å². The lowest BCUT2D eigenvalue weighted by atomic mass is 9.93. The van der Waals surface area contributed by atoms with Crippen LogP contribution in [-0.4, -0.2) is 50.5 Å². The Morgan fingerprint density at radius 2 is 1.96 bits per heavy atom. The molecule has 0 atom stereocenters. The molecule has 1 fully saturated rings. The van der Waals surface area contributed by atoms with E-state index in [-0.39, 0.29) is 11.5 Å². The number of hydrogen-bond acceptors (Lipinski definition) is 3. The van der Waals surface area contributed by atoms with E-state index < -0.39 is 0 Å². The van der Waals surface area contributed by atoms with E-state index in [0.717, 1.165) is 31.7 Å². The normalized spacial score (nSPS) is 17.4. The summed E-state index contributed by atoms with van der Waals surface area (Å²) >= 11 is 0. The Hall–Kier alpha value is -2.08. The summed E-state index contributed by atoms with van der Waals surface area (Å²) in [5.41, 5.74) is 0.535. The van der Waals surface area contributed by atoms with Crippen LogP contribution in [0.4, 0.5) is 0 Å². The molecule has 0 spiro atoms. The molecule has 1 saturated heterocycles. The van der Waals surface area contributed by atoms with E-state index >= 15 is 0 Å². The molecule has 2 aromatic rings. The Morgan fingerprint density at radius 3 is 2.57 bits per heavy atom. The summed E-state index contributed by atoms with van der Waals surface area (Å²) in [6.45, 7) is 6.30. The molecule has 1 aliphatic rings. The number of nitrogens with zero attached hydrogens (tertiary/aromatic N) is 4. The van der Waals surface area contributed by atoms with Gasteiger partial charge in [0.05, 0.1) is 11.8 Å². The van der Waals surface area contributed by atoms with Crippen LogP contribution in [-0.2, 0) is 11.8 Å². The van der Waals surface area contributed by atoms with Crippen molar-refractivity contribution >= 4 is 5.91 Å². The third kappa shape index (κ3) is 3.03. The van der Waals surface area contributed by atoms with Gasteiger partial charge in [0, 0.05) is 39.1 Å². The number of carbonyl (C=O) groups is 1. The van der Waals surface area contributed by atoms with Crippen LogP contribution in [0.2, 0.25) is 0 Å². The van der Waals surface area contributed by atoms with Gasteiger partial charge < -0.3 is 14.2 Å². The molecule has 3 rings (SSSR count). The molecule has 0 saturated carbocycles. The second-order valence-corrected chi connectivity index (χ2v) is 6.27. The van der Waals surface area contributed by atoms with Gasteiger partial charge in [-0.1, -0.05) is 0 Å². The number of hydrogen-bond donors (Lipinski definition) is 0. The summed E-state index contributed by atoms with van der Waals surface area (Å²) in [7, 11) is 1.86. The van der Waals surface area contributed by atoms with Gasteiger partial charge in [0.2, 0.25) is 0 Å². The predicted octanol–water partition coefficient (Wildman–Crippen LogP) is 2.24. The first-order valence-electron chi connectivity index (χ1n) is 8.12. The number of piperidine rings is 1. The maximum atomic E-state index is 12.9. The average molecular weight is 316 g/mol. The highest BCUT2D eigenvalue weighted by Crippen LogP contribution is 2.27. The number of amides is 1. The summed E-state index contributed by atoms with van der Waals surface area (Å²) in [4.78, 5) is 14.8. The third-order valence-electron chi connectivity index (χ3n) is 4.59. The van der Waals surface area contributed by atoms with E-state index in [2.05, 4.69) is 12.0 Å². The highest BCUT2D eigenvalue weighted by atomic mass is 16.5. The van der Waals surface area contributed by atoms with Crippen LogP contribution >= 0.6 is 0 Å². The molecule has 0 N–H and O–H groups in total. The van der Waals surface area contributed by atoms with E-state index in [1.165, 1.54) is 0 Å². The van der Waals surface area contributed by atoms with Crippen molar-refractivity contribution in [2.75, 3.05) is 19.7 Å². The lowest BCUT2D eigenvalue weighted by Gasteiger charge is -2.39. The third-order valence-corrected chi connectivity index (χ3v) is 4.59. The van der Waals surface area contributed by atoms with Gasteiger partial charge in [-0.3, -0.25) is 9.48 Å². The fraction of sp³-hybridized carbons (Fsp3) is 0.529. The van der Waals surface area contributed by atoms with Gasteiger partial charge in [0.1, 0.15) is 11.4 Å². The van der Waals surface area contributed by atoms with Crippen LogP contribution in [0.1, 0.15) is 37.0 Å². The maximum absolute atomic E-state index is 12.9. The smallest absolute Gasteiger partial charge is 0.259 e. The van der Waals surface area contributed by atoms with Gasteiger partial charge in [-0.15, -0.1) is 0 Å². The van der Waals surface area contributed by atoms with Crippen LogP contribution in [0.15, 0.2) is 30.7 Å². The summed E-state index contributed by atoms with van der Waals surface area (Å²) < 4.78 is 9.49. The van der Waals surface area contributed by atoms with Crippen molar-refractivity contribution in [3.63, 3.8) is 0 Å². The second-order valence-electron chi connectivity index (χ2n) is 6.27. The lowest BCUT2D eigenvalue weighted by Crippen LogP contribution is -2.46. The van der Waals surface area contributed by atoms with Gasteiger partial charge in [0.25, 0.3) is 5.91 Å². The summed E-state index contributed by atoms with van der Waals surface area (Å²) in [6.07, 6.45) is 7.25. The topological polar surface area (TPSA) is 52.3 Å². The van der Waals surface area contributed by atoms with Crippen LogP contribution in [0, 0.1) is 0 Å². The number of rotatable bonds is 4. The molecule has 0 radical (unpaired) electrons. The zero-order chi connectivity index (χ0) is 16.4. The van der Waals surface area contributed by atoms with Gasteiger partial charge >= 0.3 is 0 Å². The molecule has 6 heteroatoms. The van der Waals surface area contributed by atoms with E-state index in [1.807, 2.05) is 48.0 Å². The molecular weight excluding hydrogens is 292 g/mol. The van der Waals surface area contributed by atoms with Crippen molar-refractivity contribution < 1.29 is 9.53 Å². The number of likely N-dealkylation sites (tertiary alicyclic amines) is 1. The van der Waals surface area contributed by atoms with Gasteiger partial charge in [0.15, 0.2) is 0 Å². The molecule has 124 valence electrons. The number of ether oxygens (including phenoxy) is 1. The molecule has 0 unspecified atom stereocenters. The monoisotopic (exact) mass is 316 g/mol. The number of aryl methyl sites for hydroxylation is 1. The van der Waals surface area contributed by atoms with Crippen molar-refractivity contribution in [1.82, 2.24) is 19.2 Å². The molecule has 0 aliphatic carbocycles. The van der Waals surface area contributed by atoms with Crippen molar-refractivity contribution in [2.24, 2.45) is 7.05 Å². The van der Waals surface area contributed by atoms with Crippen molar-refractivity contribution in [2.45, 2.75) is 32.3 Å². The molecule has 0 bridgehead atoms. The quantitative estimate of drug-likeness (QED) is 0.869. The largest absolute Gasteiger partial charge is 0.375 e. The second kappa shape index (κ2) is 6.20. The van der Waals surface area contributed by atoms with E-state index in [9.17, 15) is 4.79 Å². The van der Waals surface area contributed by atoms with Crippen LogP contribution in [0.3, 0.4) is 0 Å². The maximum Gasteiger partial charge on any atom is 0.259 e. The van der Waals surface area contributed by atoms with E-state index in [4.69, 9.17) is 4.74 Å². The fourth-order valence-corrected chi connectivity index (χ4v) is 3.21. The van der Waals surface area contributed by atoms with E-state index in [1.54, 1.807) is 10.9 Å². The Morgan fingerprint density at radius 1 is 1.30 bits per heavy atom. The zero-order valence-corrected chi connectivity index (χ0v) is 14.0. The first kappa shape index (κ1) is 15.8. The Bertz CT molecular complexity index is 667. The summed E-state index contributed by atoms with van der Waals surface area (Å²) in [5, 5.41) is 4.27. The lowest BCUT2D eigenvalue weighted by molar-refractivity contribution is -0.0611. The summed E-state index contributed by atoms with van der Waals surface area (Å²) in [6, 6.07) is 3.88. The Kier molecular flexibility index (Phi) is 4.26. The Balaban J connectivity index is 1.78. The molecule has 1 aliphatic heterocycles.